The zero-order chi connectivity index (χ0) is 13.8. The molecule has 0 aliphatic rings. The Morgan fingerprint density at radius 3 is 2.84 bits per heavy atom. The number of amides is 1. The maximum absolute atomic E-state index is 11.8. The van der Waals surface area contributed by atoms with Gasteiger partial charge in [0, 0.05) is 12.1 Å². The first-order valence-electron chi connectivity index (χ1n) is 5.78. The molecule has 0 fully saturated rings. The van der Waals surface area contributed by atoms with Crippen LogP contribution in [0.3, 0.4) is 0 Å². The molecule has 0 unspecified atom stereocenters. The predicted octanol–water partition coefficient (Wildman–Crippen LogP) is 2.17. The zero-order valence-corrected chi connectivity index (χ0v) is 11.3. The molecule has 0 spiro atoms. The number of halogens is 1. The Hall–Kier alpha value is -1.95. The van der Waals surface area contributed by atoms with Gasteiger partial charge in [-0.25, -0.2) is 4.98 Å². The summed E-state index contributed by atoms with van der Waals surface area (Å²) in [5.41, 5.74) is 0.428. The van der Waals surface area contributed by atoms with Crippen molar-refractivity contribution in [3.05, 3.63) is 40.8 Å². The monoisotopic (exact) mass is 280 g/mol. The van der Waals surface area contributed by atoms with Crippen LogP contribution < -0.4 is 5.32 Å². The summed E-state index contributed by atoms with van der Waals surface area (Å²) in [6.07, 6.45) is 1.41. The molecule has 1 N–H and O–H groups in total. The van der Waals surface area contributed by atoms with Crippen molar-refractivity contribution in [3.63, 3.8) is 0 Å². The van der Waals surface area contributed by atoms with Gasteiger partial charge >= 0.3 is 0 Å². The van der Waals surface area contributed by atoms with E-state index in [1.54, 1.807) is 12.1 Å². The summed E-state index contributed by atoms with van der Waals surface area (Å²) in [6, 6.07) is 3.15. The first kappa shape index (κ1) is 13.5. The molecule has 0 saturated heterocycles. The van der Waals surface area contributed by atoms with Crippen LogP contribution in [0.25, 0.3) is 0 Å². The minimum atomic E-state index is -0.264. The molecule has 1 amide bonds. The van der Waals surface area contributed by atoms with E-state index in [1.165, 1.54) is 6.20 Å². The molecule has 2 heterocycles. The van der Waals surface area contributed by atoms with Gasteiger partial charge in [-0.15, -0.1) is 0 Å². The first-order valence-corrected chi connectivity index (χ1v) is 6.16. The number of nitrogens with one attached hydrogen (secondary N) is 1. The Bertz CT molecular complexity index is 565. The third kappa shape index (κ3) is 3.51. The molecule has 0 bridgehead atoms. The molecule has 0 saturated carbocycles. The highest BCUT2D eigenvalue weighted by molar-refractivity contribution is 6.29. The summed E-state index contributed by atoms with van der Waals surface area (Å²) in [6.45, 7) is 4.11. The summed E-state index contributed by atoms with van der Waals surface area (Å²) in [5.74, 6) is 0.897. The maximum Gasteiger partial charge on any atom is 0.253 e. The topological polar surface area (TPSA) is 80.9 Å². The van der Waals surface area contributed by atoms with Crippen LogP contribution in [0, 0.1) is 0 Å². The van der Waals surface area contributed by atoms with Crippen molar-refractivity contribution in [3.8, 4) is 0 Å². The number of pyridine rings is 1. The van der Waals surface area contributed by atoms with E-state index in [0.717, 1.165) is 0 Å². The summed E-state index contributed by atoms with van der Waals surface area (Å²) in [5, 5.41) is 6.80. The van der Waals surface area contributed by atoms with Gasteiger partial charge in [-0.3, -0.25) is 4.79 Å². The van der Waals surface area contributed by atoms with E-state index in [1.807, 2.05) is 13.8 Å². The molecule has 19 heavy (non-hydrogen) atoms. The van der Waals surface area contributed by atoms with Crippen molar-refractivity contribution in [2.24, 2.45) is 0 Å². The quantitative estimate of drug-likeness (QED) is 0.868. The number of rotatable bonds is 4. The number of hydrogen-bond donors (Lipinski definition) is 1. The summed E-state index contributed by atoms with van der Waals surface area (Å²) in [4.78, 5) is 19.8. The number of aromatic nitrogens is 3. The van der Waals surface area contributed by atoms with Crippen molar-refractivity contribution in [1.82, 2.24) is 20.4 Å². The van der Waals surface area contributed by atoms with Gasteiger partial charge in [0.2, 0.25) is 5.89 Å². The normalized spacial score (nSPS) is 10.7. The first-order chi connectivity index (χ1) is 9.06. The summed E-state index contributed by atoms with van der Waals surface area (Å²) < 4.78 is 5.04. The fourth-order valence-electron chi connectivity index (χ4n) is 1.35. The Labute approximate surface area is 115 Å². The Morgan fingerprint density at radius 1 is 1.47 bits per heavy atom. The Balaban J connectivity index is 1.94. The van der Waals surface area contributed by atoms with E-state index in [-0.39, 0.29) is 18.4 Å². The highest BCUT2D eigenvalue weighted by Gasteiger charge is 2.11. The van der Waals surface area contributed by atoms with Crippen LogP contribution in [0.15, 0.2) is 22.9 Å². The van der Waals surface area contributed by atoms with Gasteiger partial charge in [0.25, 0.3) is 5.91 Å². The lowest BCUT2D eigenvalue weighted by molar-refractivity contribution is 0.0949. The predicted molar refractivity (Wildman–Crippen MR) is 68.8 cm³/mol. The van der Waals surface area contributed by atoms with Gasteiger partial charge in [0.1, 0.15) is 5.15 Å². The lowest BCUT2D eigenvalue weighted by Crippen LogP contribution is -2.23. The van der Waals surface area contributed by atoms with E-state index in [0.29, 0.717) is 22.4 Å². The van der Waals surface area contributed by atoms with Crippen molar-refractivity contribution < 1.29 is 9.32 Å². The van der Waals surface area contributed by atoms with Crippen LogP contribution in [0.2, 0.25) is 5.15 Å². The fourth-order valence-corrected chi connectivity index (χ4v) is 1.46. The van der Waals surface area contributed by atoms with Crippen molar-refractivity contribution >= 4 is 17.5 Å². The number of hydrogen-bond acceptors (Lipinski definition) is 5. The van der Waals surface area contributed by atoms with Gasteiger partial charge in [0.05, 0.1) is 12.1 Å². The third-order valence-corrected chi connectivity index (χ3v) is 2.60. The smallest absolute Gasteiger partial charge is 0.253 e. The molecule has 6 nitrogen and oxygen atoms in total. The van der Waals surface area contributed by atoms with Crippen molar-refractivity contribution in [2.75, 3.05) is 0 Å². The molecule has 7 heteroatoms. The molecule has 0 atom stereocenters. The highest BCUT2D eigenvalue weighted by atomic mass is 35.5. The van der Waals surface area contributed by atoms with Gasteiger partial charge in [-0.1, -0.05) is 30.6 Å². The molecule has 0 aliphatic heterocycles. The second kappa shape index (κ2) is 5.79. The molecular formula is C12H13ClN4O2. The lowest BCUT2D eigenvalue weighted by Gasteiger charge is -2.01. The zero-order valence-electron chi connectivity index (χ0n) is 10.6. The van der Waals surface area contributed by atoms with Gasteiger partial charge in [-0.05, 0) is 12.1 Å². The SMILES string of the molecule is CC(C)c1nc(CNC(=O)c2ccc(Cl)nc2)no1. The van der Waals surface area contributed by atoms with E-state index >= 15 is 0 Å². The molecule has 100 valence electrons. The molecular weight excluding hydrogens is 268 g/mol. The van der Waals surface area contributed by atoms with Crippen LogP contribution in [-0.4, -0.2) is 21.0 Å². The molecule has 2 aromatic rings. The minimum Gasteiger partial charge on any atom is -0.345 e. The van der Waals surface area contributed by atoms with Crippen LogP contribution in [0.5, 0.6) is 0 Å². The molecule has 2 aromatic heterocycles. The van der Waals surface area contributed by atoms with Crippen LogP contribution in [0.1, 0.15) is 41.8 Å². The largest absolute Gasteiger partial charge is 0.345 e. The number of carbonyl (C=O) groups excluding carboxylic acids is 1. The van der Waals surface area contributed by atoms with Crippen molar-refractivity contribution in [2.45, 2.75) is 26.3 Å². The highest BCUT2D eigenvalue weighted by Crippen LogP contribution is 2.10. The molecule has 2 rings (SSSR count). The minimum absolute atomic E-state index is 0.164. The van der Waals surface area contributed by atoms with Crippen LogP contribution in [0.4, 0.5) is 0 Å². The molecule has 0 aliphatic carbocycles. The van der Waals surface area contributed by atoms with Crippen LogP contribution >= 0.6 is 11.6 Å². The van der Waals surface area contributed by atoms with Crippen molar-refractivity contribution in [1.29, 1.82) is 0 Å². The van der Waals surface area contributed by atoms with E-state index in [4.69, 9.17) is 16.1 Å². The Kier molecular flexibility index (Phi) is 4.11. The van der Waals surface area contributed by atoms with E-state index in [9.17, 15) is 4.79 Å². The summed E-state index contributed by atoms with van der Waals surface area (Å²) in [7, 11) is 0. The summed E-state index contributed by atoms with van der Waals surface area (Å²) >= 11 is 5.65. The second-order valence-electron chi connectivity index (χ2n) is 4.26. The third-order valence-electron chi connectivity index (χ3n) is 2.37. The number of carbonyl (C=O) groups is 1. The van der Waals surface area contributed by atoms with Gasteiger partial charge < -0.3 is 9.84 Å². The second-order valence-corrected chi connectivity index (χ2v) is 4.64. The van der Waals surface area contributed by atoms with E-state index < -0.39 is 0 Å². The van der Waals surface area contributed by atoms with Gasteiger partial charge in [0.15, 0.2) is 5.82 Å². The van der Waals surface area contributed by atoms with Gasteiger partial charge in [-0.2, -0.15) is 4.98 Å². The molecule has 0 aromatic carbocycles. The fraction of sp³-hybridized carbons (Fsp3) is 0.333. The van der Waals surface area contributed by atoms with E-state index in [2.05, 4.69) is 20.4 Å². The number of nitrogens with zero attached hydrogens (tertiary/aromatic N) is 3. The Morgan fingerprint density at radius 2 is 2.26 bits per heavy atom. The standard InChI is InChI=1S/C12H13ClN4O2/c1-7(2)12-16-10(17-19-12)6-15-11(18)8-3-4-9(13)14-5-8/h3-5,7H,6H2,1-2H3,(H,15,18). The average Bonchev–Trinajstić information content (AvgIpc) is 2.86. The molecule has 0 radical (unpaired) electrons. The van der Waals surface area contributed by atoms with Crippen LogP contribution in [-0.2, 0) is 6.54 Å². The lowest BCUT2D eigenvalue weighted by atomic mass is 10.2. The maximum atomic E-state index is 11.8. The average molecular weight is 281 g/mol.